The summed E-state index contributed by atoms with van der Waals surface area (Å²) in [4.78, 5) is 29.7. The minimum absolute atomic E-state index is 0.134. The van der Waals surface area contributed by atoms with Crippen LogP contribution in [-0.4, -0.2) is 60.4 Å². The molecule has 0 bridgehead atoms. The van der Waals surface area contributed by atoms with Crippen molar-refractivity contribution >= 4 is 17.4 Å². The molecule has 2 aromatic carbocycles. The number of rotatable bonds is 9. The number of aliphatic hydroxyl groups excluding tert-OH is 1. The van der Waals surface area contributed by atoms with E-state index >= 15 is 0 Å². The Kier molecular flexibility index (Phi) is 7.92. The second-order valence-corrected chi connectivity index (χ2v) is 9.24. The molecule has 0 aliphatic carbocycles. The monoisotopic (exact) mass is 450 g/mol. The first kappa shape index (κ1) is 24.5. The van der Waals surface area contributed by atoms with Gasteiger partial charge < -0.3 is 19.6 Å². The average molecular weight is 451 g/mol. The Morgan fingerprint density at radius 2 is 1.82 bits per heavy atom. The van der Waals surface area contributed by atoms with Crippen LogP contribution in [0.15, 0.2) is 54.1 Å². The number of carbonyl (C=O) groups excluding carboxylic acids is 2. The van der Waals surface area contributed by atoms with Gasteiger partial charge in [0, 0.05) is 12.1 Å². The third kappa shape index (κ3) is 5.63. The first-order valence-electron chi connectivity index (χ1n) is 11.4. The molecule has 0 aromatic heterocycles. The minimum atomic E-state index is -0.647. The molecular formula is C27H34N2O4. The summed E-state index contributed by atoms with van der Waals surface area (Å²) in [6, 6.07) is 14.2. The van der Waals surface area contributed by atoms with Gasteiger partial charge >= 0.3 is 0 Å². The Morgan fingerprint density at radius 3 is 2.42 bits per heavy atom. The number of hydrogen-bond donors (Lipinski definition) is 1. The van der Waals surface area contributed by atoms with Crippen LogP contribution in [0.3, 0.4) is 0 Å². The second kappa shape index (κ2) is 10.7. The summed E-state index contributed by atoms with van der Waals surface area (Å²) in [6.45, 7) is 7.84. The van der Waals surface area contributed by atoms with Gasteiger partial charge in [0.15, 0.2) is 0 Å². The fraction of sp³-hybridized carbons (Fsp3) is 0.407. The van der Waals surface area contributed by atoms with Gasteiger partial charge in [0.1, 0.15) is 11.5 Å². The third-order valence-corrected chi connectivity index (χ3v) is 5.70. The van der Waals surface area contributed by atoms with Crippen LogP contribution in [0.25, 0.3) is 5.76 Å². The molecule has 1 aliphatic rings. The molecule has 0 saturated carbocycles. The van der Waals surface area contributed by atoms with E-state index in [4.69, 9.17) is 4.74 Å². The zero-order valence-electron chi connectivity index (χ0n) is 20.2. The van der Waals surface area contributed by atoms with E-state index in [1.165, 1.54) is 0 Å². The second-order valence-electron chi connectivity index (χ2n) is 9.24. The topological polar surface area (TPSA) is 70.1 Å². The Hall–Kier alpha value is -3.12. The van der Waals surface area contributed by atoms with Crippen molar-refractivity contribution in [2.45, 2.75) is 33.2 Å². The summed E-state index contributed by atoms with van der Waals surface area (Å²) in [5.41, 5.74) is 2.24. The molecular weight excluding hydrogens is 416 g/mol. The Balaban J connectivity index is 2.02. The maximum atomic E-state index is 13.1. The van der Waals surface area contributed by atoms with Gasteiger partial charge in [0.05, 0.1) is 18.2 Å². The van der Waals surface area contributed by atoms with E-state index in [1.54, 1.807) is 17.0 Å². The smallest absolute Gasteiger partial charge is 0.295 e. The van der Waals surface area contributed by atoms with Crippen LogP contribution in [0.2, 0.25) is 0 Å². The summed E-state index contributed by atoms with van der Waals surface area (Å²) in [5, 5.41) is 11.3. The van der Waals surface area contributed by atoms with Crippen molar-refractivity contribution in [2.24, 2.45) is 5.92 Å². The number of likely N-dealkylation sites (tertiary alicyclic amines) is 1. The molecule has 0 radical (unpaired) electrons. The molecule has 6 nitrogen and oxygen atoms in total. The van der Waals surface area contributed by atoms with Gasteiger partial charge in [-0.25, -0.2) is 0 Å². The first-order chi connectivity index (χ1) is 15.7. The molecule has 1 N–H and O–H groups in total. The lowest BCUT2D eigenvalue weighted by Gasteiger charge is -2.26. The molecule has 1 heterocycles. The van der Waals surface area contributed by atoms with Crippen LogP contribution in [0.5, 0.6) is 5.75 Å². The fourth-order valence-corrected chi connectivity index (χ4v) is 4.05. The lowest BCUT2D eigenvalue weighted by Crippen LogP contribution is -2.32. The zero-order chi connectivity index (χ0) is 24.1. The molecule has 33 heavy (non-hydrogen) atoms. The van der Waals surface area contributed by atoms with E-state index < -0.39 is 17.7 Å². The highest BCUT2D eigenvalue weighted by atomic mass is 16.5. The van der Waals surface area contributed by atoms with Gasteiger partial charge in [-0.05, 0) is 69.2 Å². The van der Waals surface area contributed by atoms with Crippen molar-refractivity contribution in [3.8, 4) is 5.75 Å². The van der Waals surface area contributed by atoms with Gasteiger partial charge in [0.2, 0.25) is 0 Å². The summed E-state index contributed by atoms with van der Waals surface area (Å²) in [6.07, 6.45) is 0.726. The summed E-state index contributed by atoms with van der Waals surface area (Å²) in [7, 11) is 3.94. The van der Waals surface area contributed by atoms with Gasteiger partial charge in [0.25, 0.3) is 11.7 Å². The van der Waals surface area contributed by atoms with Crippen LogP contribution < -0.4 is 4.74 Å². The van der Waals surface area contributed by atoms with Crippen molar-refractivity contribution in [2.75, 3.05) is 33.8 Å². The molecule has 1 unspecified atom stereocenters. The molecule has 0 spiro atoms. The van der Waals surface area contributed by atoms with Gasteiger partial charge in [-0.1, -0.05) is 44.2 Å². The highest BCUT2D eigenvalue weighted by Crippen LogP contribution is 2.40. The van der Waals surface area contributed by atoms with Crippen LogP contribution >= 0.6 is 0 Å². The number of Topliss-reactive ketones (excluding diaryl/α,β-unsaturated/α-hetero) is 1. The SMILES string of the molecule is Cc1cc(OCC(C)C)ccc1/C(O)=C1/C(=O)C(=O)N(CCCN(C)C)C1c1ccccc1. The standard InChI is InChI=1S/C27H34N2O4/c1-18(2)17-33-21-12-13-22(19(3)16-21)25(30)23-24(20-10-7-6-8-11-20)29(27(32)26(23)31)15-9-14-28(4)5/h6-8,10-13,16,18,24,30H,9,14-15,17H2,1-5H3/b25-23-. The number of hydrogen-bond acceptors (Lipinski definition) is 5. The minimum Gasteiger partial charge on any atom is -0.507 e. The Bertz CT molecular complexity index is 1030. The number of ketones is 1. The molecule has 3 rings (SSSR count). The predicted molar refractivity (Wildman–Crippen MR) is 130 cm³/mol. The van der Waals surface area contributed by atoms with Gasteiger partial charge in [-0.2, -0.15) is 0 Å². The predicted octanol–water partition coefficient (Wildman–Crippen LogP) is 4.40. The molecule has 1 fully saturated rings. The number of benzene rings is 2. The van der Waals surface area contributed by atoms with Crippen LogP contribution in [-0.2, 0) is 9.59 Å². The molecule has 1 saturated heterocycles. The van der Waals surface area contributed by atoms with E-state index in [2.05, 4.69) is 13.8 Å². The highest BCUT2D eigenvalue weighted by Gasteiger charge is 2.45. The summed E-state index contributed by atoms with van der Waals surface area (Å²) < 4.78 is 5.79. The third-order valence-electron chi connectivity index (χ3n) is 5.70. The van der Waals surface area contributed by atoms with Crippen LogP contribution in [0, 0.1) is 12.8 Å². The maximum absolute atomic E-state index is 13.1. The number of amides is 1. The summed E-state index contributed by atoms with van der Waals surface area (Å²) in [5.74, 6) is -0.260. The largest absolute Gasteiger partial charge is 0.507 e. The van der Waals surface area contributed by atoms with Crippen molar-refractivity contribution in [1.29, 1.82) is 0 Å². The molecule has 2 aromatic rings. The van der Waals surface area contributed by atoms with Crippen molar-refractivity contribution in [3.63, 3.8) is 0 Å². The first-order valence-corrected chi connectivity index (χ1v) is 11.4. The van der Waals surface area contributed by atoms with E-state index in [1.807, 2.05) is 62.3 Å². The lowest BCUT2D eigenvalue weighted by atomic mass is 9.94. The highest BCUT2D eigenvalue weighted by molar-refractivity contribution is 6.46. The average Bonchev–Trinajstić information content (AvgIpc) is 3.02. The maximum Gasteiger partial charge on any atom is 0.295 e. The fourth-order valence-electron chi connectivity index (χ4n) is 4.05. The molecule has 1 aliphatic heterocycles. The Labute approximate surface area is 196 Å². The zero-order valence-corrected chi connectivity index (χ0v) is 20.2. The van der Waals surface area contributed by atoms with Crippen LogP contribution in [0.1, 0.15) is 43.0 Å². The van der Waals surface area contributed by atoms with Gasteiger partial charge in [-0.3, -0.25) is 9.59 Å². The number of aryl methyl sites for hydroxylation is 1. The normalized spacial score (nSPS) is 17.9. The lowest BCUT2D eigenvalue weighted by molar-refractivity contribution is -0.139. The number of aliphatic hydroxyl groups is 1. The van der Waals surface area contributed by atoms with Crippen molar-refractivity contribution < 1.29 is 19.4 Å². The van der Waals surface area contributed by atoms with Crippen molar-refractivity contribution in [3.05, 3.63) is 70.8 Å². The van der Waals surface area contributed by atoms with Gasteiger partial charge in [-0.15, -0.1) is 0 Å². The summed E-state index contributed by atoms with van der Waals surface area (Å²) >= 11 is 0. The van der Waals surface area contributed by atoms with Crippen molar-refractivity contribution in [1.82, 2.24) is 9.80 Å². The quantitative estimate of drug-likeness (QED) is 0.348. The molecule has 6 heteroatoms. The van der Waals surface area contributed by atoms with E-state index in [9.17, 15) is 14.7 Å². The molecule has 176 valence electrons. The van der Waals surface area contributed by atoms with E-state index in [0.29, 0.717) is 30.4 Å². The van der Waals surface area contributed by atoms with E-state index in [0.717, 1.165) is 24.1 Å². The van der Waals surface area contributed by atoms with E-state index in [-0.39, 0.29) is 11.3 Å². The molecule has 1 atom stereocenters. The number of ether oxygens (including phenoxy) is 1. The number of nitrogens with zero attached hydrogens (tertiary/aromatic N) is 2. The molecule has 1 amide bonds. The number of carbonyl (C=O) groups is 2. The van der Waals surface area contributed by atoms with Crippen LogP contribution in [0.4, 0.5) is 0 Å². The Morgan fingerprint density at radius 1 is 1.12 bits per heavy atom.